The fourth-order valence-electron chi connectivity index (χ4n) is 3.70. The molecule has 1 amide bonds. The zero-order chi connectivity index (χ0) is 21.5. The Bertz CT molecular complexity index is 1080. The van der Waals surface area contributed by atoms with Crippen molar-refractivity contribution in [3.05, 3.63) is 80.8 Å². The van der Waals surface area contributed by atoms with Gasteiger partial charge in [0.2, 0.25) is 0 Å². The average Bonchev–Trinajstić information content (AvgIpc) is 3.23. The van der Waals surface area contributed by atoms with Crippen LogP contribution < -0.4 is 10.1 Å². The monoisotopic (exact) mass is 431 g/mol. The highest BCUT2D eigenvalue weighted by Gasteiger charge is 2.15. The Morgan fingerprint density at radius 3 is 2.90 bits per heavy atom. The van der Waals surface area contributed by atoms with Crippen LogP contribution >= 0.6 is 11.3 Å². The molecule has 0 spiro atoms. The van der Waals surface area contributed by atoms with Gasteiger partial charge in [-0.1, -0.05) is 24.3 Å². The van der Waals surface area contributed by atoms with E-state index >= 15 is 0 Å². The first-order valence-electron chi connectivity index (χ1n) is 10.7. The lowest BCUT2D eigenvalue weighted by atomic mass is 10.0. The zero-order valence-electron chi connectivity index (χ0n) is 17.4. The SMILES string of the molecule is N#Cc1ccccc1COc1cccc(C(=O)NCCCc2nc3c(s2)CCCC3)c1. The van der Waals surface area contributed by atoms with Gasteiger partial charge in [-0.15, -0.1) is 11.3 Å². The Morgan fingerprint density at radius 2 is 2.03 bits per heavy atom. The van der Waals surface area contributed by atoms with E-state index in [4.69, 9.17) is 9.72 Å². The van der Waals surface area contributed by atoms with Gasteiger partial charge in [0, 0.05) is 29.0 Å². The number of aryl methyl sites for hydroxylation is 3. The largest absolute Gasteiger partial charge is 0.489 e. The molecule has 2 aromatic carbocycles. The molecule has 158 valence electrons. The van der Waals surface area contributed by atoms with Crippen molar-refractivity contribution in [2.24, 2.45) is 0 Å². The van der Waals surface area contributed by atoms with Crippen LogP contribution in [0.3, 0.4) is 0 Å². The summed E-state index contributed by atoms with van der Waals surface area (Å²) in [6.45, 7) is 0.899. The number of rotatable bonds is 8. The molecule has 0 saturated carbocycles. The van der Waals surface area contributed by atoms with Crippen molar-refractivity contribution in [3.8, 4) is 11.8 Å². The van der Waals surface area contributed by atoms with Gasteiger partial charge in [0.05, 0.1) is 22.3 Å². The minimum atomic E-state index is -0.110. The van der Waals surface area contributed by atoms with E-state index in [-0.39, 0.29) is 12.5 Å². The number of carbonyl (C=O) groups is 1. The number of hydrogen-bond acceptors (Lipinski definition) is 5. The quantitative estimate of drug-likeness (QED) is 0.518. The highest BCUT2D eigenvalue weighted by atomic mass is 32.1. The number of benzene rings is 2. The van der Waals surface area contributed by atoms with Gasteiger partial charge in [-0.25, -0.2) is 4.98 Å². The van der Waals surface area contributed by atoms with Crippen molar-refractivity contribution in [2.45, 2.75) is 45.1 Å². The van der Waals surface area contributed by atoms with Gasteiger partial charge >= 0.3 is 0 Å². The Labute approximate surface area is 186 Å². The number of ether oxygens (including phenoxy) is 1. The van der Waals surface area contributed by atoms with Crippen LogP contribution in [-0.2, 0) is 25.9 Å². The van der Waals surface area contributed by atoms with Gasteiger partial charge in [0.1, 0.15) is 12.4 Å². The predicted molar refractivity (Wildman–Crippen MR) is 121 cm³/mol. The zero-order valence-corrected chi connectivity index (χ0v) is 18.2. The van der Waals surface area contributed by atoms with Crippen LogP contribution in [0, 0.1) is 11.3 Å². The fourth-order valence-corrected chi connectivity index (χ4v) is 4.90. The molecule has 0 unspecified atom stereocenters. The third-order valence-electron chi connectivity index (χ3n) is 5.37. The van der Waals surface area contributed by atoms with Crippen LogP contribution in [0.4, 0.5) is 0 Å². The van der Waals surface area contributed by atoms with Crippen molar-refractivity contribution < 1.29 is 9.53 Å². The normalized spacial score (nSPS) is 12.6. The van der Waals surface area contributed by atoms with Gasteiger partial charge in [-0.3, -0.25) is 4.79 Å². The summed E-state index contributed by atoms with van der Waals surface area (Å²) in [5.74, 6) is 0.495. The number of thiazole rings is 1. The Hall–Kier alpha value is -3.17. The molecular formula is C25H25N3O2S. The number of carbonyl (C=O) groups excluding carboxylic acids is 1. The first-order valence-corrected chi connectivity index (χ1v) is 11.5. The summed E-state index contributed by atoms with van der Waals surface area (Å²) >= 11 is 1.84. The van der Waals surface area contributed by atoms with Crippen molar-refractivity contribution in [2.75, 3.05) is 6.54 Å². The number of hydrogen-bond donors (Lipinski definition) is 1. The highest BCUT2D eigenvalue weighted by Crippen LogP contribution is 2.27. The van der Waals surface area contributed by atoms with Gasteiger partial charge in [-0.2, -0.15) is 5.26 Å². The molecule has 1 aliphatic carbocycles. The second-order valence-electron chi connectivity index (χ2n) is 7.63. The van der Waals surface area contributed by atoms with Crippen LogP contribution in [0.5, 0.6) is 5.75 Å². The maximum atomic E-state index is 12.5. The van der Waals surface area contributed by atoms with Crippen LogP contribution in [0.1, 0.15) is 56.3 Å². The van der Waals surface area contributed by atoms with Crippen LogP contribution in [0.25, 0.3) is 0 Å². The topological polar surface area (TPSA) is 75.0 Å². The number of nitrogens with one attached hydrogen (secondary N) is 1. The summed E-state index contributed by atoms with van der Waals surface area (Å²) in [5, 5.41) is 13.4. The number of fused-ring (bicyclic) bond motifs is 1. The molecule has 31 heavy (non-hydrogen) atoms. The summed E-state index contributed by atoms with van der Waals surface area (Å²) in [5.41, 5.74) is 3.28. The lowest BCUT2D eigenvalue weighted by Crippen LogP contribution is -2.24. The summed E-state index contributed by atoms with van der Waals surface area (Å²) in [7, 11) is 0. The molecule has 1 aliphatic rings. The van der Waals surface area contributed by atoms with Crippen molar-refractivity contribution in [3.63, 3.8) is 0 Å². The van der Waals surface area contributed by atoms with Crippen molar-refractivity contribution in [1.29, 1.82) is 5.26 Å². The van der Waals surface area contributed by atoms with Crippen LogP contribution in [0.15, 0.2) is 48.5 Å². The maximum absolute atomic E-state index is 12.5. The Morgan fingerprint density at radius 1 is 1.16 bits per heavy atom. The van der Waals surface area contributed by atoms with E-state index in [1.807, 2.05) is 35.6 Å². The molecule has 1 aromatic heterocycles. The molecule has 0 radical (unpaired) electrons. The molecule has 0 bridgehead atoms. The summed E-state index contributed by atoms with van der Waals surface area (Å²) in [6.07, 6.45) is 6.59. The third-order valence-corrected chi connectivity index (χ3v) is 6.59. The smallest absolute Gasteiger partial charge is 0.251 e. The molecule has 1 N–H and O–H groups in total. The van der Waals surface area contributed by atoms with Gasteiger partial charge in [-0.05, 0) is 56.4 Å². The van der Waals surface area contributed by atoms with Gasteiger partial charge in [0.15, 0.2) is 0 Å². The third kappa shape index (κ3) is 5.50. The lowest BCUT2D eigenvalue weighted by Gasteiger charge is -2.09. The summed E-state index contributed by atoms with van der Waals surface area (Å²) in [4.78, 5) is 18.7. The molecule has 3 aromatic rings. The molecule has 1 heterocycles. The van der Waals surface area contributed by atoms with E-state index in [0.717, 1.165) is 24.8 Å². The standard InChI is InChI=1S/C25H25N3O2S/c26-16-19-7-1-2-8-20(19)17-30-21-10-5-9-18(15-21)25(29)27-14-6-13-24-28-22-11-3-4-12-23(22)31-24/h1-2,5,7-10,15H,3-4,6,11-14,17H2,(H,27,29). The second kappa shape index (κ2) is 10.2. The van der Waals surface area contributed by atoms with Crippen molar-refractivity contribution >= 4 is 17.2 Å². The summed E-state index contributed by atoms with van der Waals surface area (Å²) in [6, 6.07) is 16.6. The van der Waals surface area contributed by atoms with Gasteiger partial charge in [0.25, 0.3) is 5.91 Å². The number of aromatic nitrogens is 1. The Kier molecular flexibility index (Phi) is 6.96. The molecule has 0 aliphatic heterocycles. The number of nitrogens with zero attached hydrogens (tertiary/aromatic N) is 2. The van der Waals surface area contributed by atoms with Crippen LogP contribution in [-0.4, -0.2) is 17.4 Å². The maximum Gasteiger partial charge on any atom is 0.251 e. The average molecular weight is 432 g/mol. The van der Waals surface area contributed by atoms with Gasteiger partial charge < -0.3 is 10.1 Å². The molecule has 0 fully saturated rings. The van der Waals surface area contributed by atoms with E-state index in [1.54, 1.807) is 24.3 Å². The lowest BCUT2D eigenvalue weighted by molar-refractivity contribution is 0.0952. The molecule has 4 rings (SSSR count). The van der Waals surface area contributed by atoms with E-state index in [1.165, 1.54) is 34.8 Å². The van der Waals surface area contributed by atoms with E-state index in [9.17, 15) is 10.1 Å². The highest BCUT2D eigenvalue weighted by molar-refractivity contribution is 7.11. The van der Waals surface area contributed by atoms with E-state index in [2.05, 4.69) is 11.4 Å². The minimum absolute atomic E-state index is 0.110. The molecular weight excluding hydrogens is 406 g/mol. The molecule has 6 heteroatoms. The number of nitriles is 1. The predicted octanol–water partition coefficient (Wildman–Crippen LogP) is 4.84. The molecule has 0 saturated heterocycles. The fraction of sp³-hybridized carbons (Fsp3) is 0.320. The molecule has 0 atom stereocenters. The summed E-state index contributed by atoms with van der Waals surface area (Å²) < 4.78 is 5.81. The van der Waals surface area contributed by atoms with Crippen molar-refractivity contribution in [1.82, 2.24) is 10.3 Å². The van der Waals surface area contributed by atoms with E-state index in [0.29, 0.717) is 23.4 Å². The molecule has 5 nitrogen and oxygen atoms in total. The number of amides is 1. The van der Waals surface area contributed by atoms with E-state index < -0.39 is 0 Å². The Balaban J connectivity index is 1.26. The second-order valence-corrected chi connectivity index (χ2v) is 8.80. The first kappa shape index (κ1) is 21.1. The first-order chi connectivity index (χ1) is 15.2. The van der Waals surface area contributed by atoms with Crippen LogP contribution in [0.2, 0.25) is 0 Å². The minimum Gasteiger partial charge on any atom is -0.489 e.